The Labute approximate surface area is 119 Å². The molecule has 0 amide bonds. The van der Waals surface area contributed by atoms with Gasteiger partial charge in [0.05, 0.1) is 0 Å². The van der Waals surface area contributed by atoms with Crippen LogP contribution in [0.4, 0.5) is 0 Å². The topological polar surface area (TPSA) is 0 Å². The SMILES string of the molecule is CCC[CH2][Sn]([CH2]CCC)([CH2]CCC)[C]1=CC=CC1. The van der Waals surface area contributed by atoms with Crippen molar-refractivity contribution in [2.45, 2.75) is 79.0 Å². The summed E-state index contributed by atoms with van der Waals surface area (Å²) in [4.78, 5) is 0. The predicted octanol–water partition coefficient (Wildman–Crippen LogP) is 6.26. The third-order valence-corrected chi connectivity index (χ3v) is 20.6. The van der Waals surface area contributed by atoms with Crippen molar-refractivity contribution in [3.63, 3.8) is 0 Å². The summed E-state index contributed by atoms with van der Waals surface area (Å²) in [6.07, 6.45) is 17.2. The Morgan fingerprint density at radius 3 is 1.72 bits per heavy atom. The standard InChI is InChI=1S/C5H5.3C4H9.Sn/c1-2-4-5-3-1;3*1-3-4-2;/h1-3H,4H2;3*1,3-4H2,2H3;. The Balaban J connectivity index is 2.76. The van der Waals surface area contributed by atoms with Crippen molar-refractivity contribution in [1.82, 2.24) is 0 Å². The van der Waals surface area contributed by atoms with E-state index >= 15 is 0 Å². The third-order valence-electron chi connectivity index (χ3n) is 4.48. The van der Waals surface area contributed by atoms with E-state index in [2.05, 4.69) is 39.0 Å². The maximum absolute atomic E-state index is 2.51. The van der Waals surface area contributed by atoms with Crippen LogP contribution in [0.25, 0.3) is 0 Å². The van der Waals surface area contributed by atoms with Crippen LogP contribution in [0.5, 0.6) is 0 Å². The van der Waals surface area contributed by atoms with Crippen molar-refractivity contribution in [1.29, 1.82) is 0 Å². The molecule has 0 nitrogen and oxygen atoms in total. The van der Waals surface area contributed by atoms with Crippen molar-refractivity contribution in [3.8, 4) is 0 Å². The fourth-order valence-corrected chi connectivity index (χ4v) is 19.8. The molecule has 0 N–H and O–H groups in total. The van der Waals surface area contributed by atoms with Gasteiger partial charge in [0, 0.05) is 0 Å². The summed E-state index contributed by atoms with van der Waals surface area (Å²) in [6.45, 7) is 7.08. The number of allylic oxidation sites excluding steroid dienone is 4. The second-order valence-corrected chi connectivity index (χ2v) is 19.3. The van der Waals surface area contributed by atoms with Gasteiger partial charge in [-0.1, -0.05) is 0 Å². The van der Waals surface area contributed by atoms with E-state index in [-0.39, 0.29) is 0 Å². The van der Waals surface area contributed by atoms with Crippen molar-refractivity contribution in [2.75, 3.05) is 0 Å². The third kappa shape index (κ3) is 4.75. The number of hydrogen-bond acceptors (Lipinski definition) is 0. The molecular formula is C17H32Sn. The van der Waals surface area contributed by atoms with E-state index in [1.165, 1.54) is 44.9 Å². The Bertz CT molecular complexity index is 254. The molecule has 0 bridgehead atoms. The van der Waals surface area contributed by atoms with E-state index in [0.29, 0.717) is 0 Å². The van der Waals surface area contributed by atoms with Gasteiger partial charge in [-0.05, 0) is 0 Å². The minimum atomic E-state index is -1.98. The molecule has 0 unspecified atom stereocenters. The van der Waals surface area contributed by atoms with E-state index < -0.39 is 18.4 Å². The molecule has 104 valence electrons. The second kappa shape index (κ2) is 9.23. The molecule has 0 atom stereocenters. The number of hydrogen-bond donors (Lipinski definition) is 0. The van der Waals surface area contributed by atoms with Gasteiger partial charge in [-0.2, -0.15) is 0 Å². The predicted molar refractivity (Wildman–Crippen MR) is 86.7 cm³/mol. The van der Waals surface area contributed by atoms with Crippen molar-refractivity contribution in [3.05, 3.63) is 21.8 Å². The summed E-state index contributed by atoms with van der Waals surface area (Å²) < 4.78 is 6.82. The summed E-state index contributed by atoms with van der Waals surface area (Å²) in [5, 5.41) is 0. The zero-order valence-corrected chi connectivity index (χ0v) is 15.7. The van der Waals surface area contributed by atoms with Gasteiger partial charge in [0.2, 0.25) is 0 Å². The molecule has 0 aliphatic heterocycles. The summed E-state index contributed by atoms with van der Waals surface area (Å²) in [5.74, 6) is 0. The van der Waals surface area contributed by atoms with Crippen LogP contribution in [-0.4, -0.2) is 18.4 Å². The van der Waals surface area contributed by atoms with Crippen LogP contribution in [0.3, 0.4) is 0 Å². The van der Waals surface area contributed by atoms with E-state index in [4.69, 9.17) is 0 Å². The van der Waals surface area contributed by atoms with E-state index in [9.17, 15) is 0 Å². The molecule has 1 aliphatic rings. The molecule has 1 heteroatoms. The second-order valence-electron chi connectivity index (χ2n) is 5.92. The van der Waals surface area contributed by atoms with Gasteiger partial charge in [0.25, 0.3) is 0 Å². The minimum absolute atomic E-state index is 1.31. The first kappa shape index (κ1) is 16.3. The zero-order chi connectivity index (χ0) is 13.3. The maximum atomic E-state index is 2.51. The summed E-state index contributed by atoms with van der Waals surface area (Å²) in [6, 6.07) is 0. The first-order valence-corrected chi connectivity index (χ1v) is 15.6. The van der Waals surface area contributed by atoms with Gasteiger partial charge in [0.1, 0.15) is 0 Å². The summed E-state index contributed by atoms with van der Waals surface area (Å²) in [7, 11) is 0. The average molecular weight is 355 g/mol. The first-order valence-electron chi connectivity index (χ1n) is 8.15. The van der Waals surface area contributed by atoms with E-state index in [1.807, 2.05) is 3.59 Å². The molecule has 0 saturated heterocycles. The van der Waals surface area contributed by atoms with E-state index in [0.717, 1.165) is 0 Å². The van der Waals surface area contributed by atoms with Gasteiger partial charge in [-0.15, -0.1) is 0 Å². The quantitative estimate of drug-likeness (QED) is 0.406. The molecule has 1 aliphatic carbocycles. The summed E-state index contributed by atoms with van der Waals surface area (Å²) >= 11 is -1.98. The Hall–Kier alpha value is 0.279. The normalized spacial score (nSPS) is 15.2. The van der Waals surface area contributed by atoms with Crippen LogP contribution < -0.4 is 0 Å². The molecule has 0 radical (unpaired) electrons. The van der Waals surface area contributed by atoms with E-state index in [1.54, 1.807) is 13.3 Å². The van der Waals surface area contributed by atoms with Crippen molar-refractivity contribution in [2.24, 2.45) is 0 Å². The molecular weight excluding hydrogens is 323 g/mol. The van der Waals surface area contributed by atoms with Gasteiger partial charge in [-0.3, -0.25) is 0 Å². The molecule has 0 saturated carbocycles. The van der Waals surface area contributed by atoms with Gasteiger partial charge < -0.3 is 0 Å². The fraction of sp³-hybridized carbons (Fsp3) is 0.765. The van der Waals surface area contributed by atoms with Crippen LogP contribution in [0.2, 0.25) is 13.3 Å². The molecule has 18 heavy (non-hydrogen) atoms. The van der Waals surface area contributed by atoms with Crippen LogP contribution in [0.1, 0.15) is 65.7 Å². The van der Waals surface area contributed by atoms with Gasteiger partial charge >= 0.3 is 119 Å². The monoisotopic (exact) mass is 356 g/mol. The fourth-order valence-electron chi connectivity index (χ4n) is 3.24. The molecule has 0 heterocycles. The molecule has 1 rings (SSSR count). The van der Waals surface area contributed by atoms with Crippen LogP contribution in [0, 0.1) is 0 Å². The summed E-state index contributed by atoms with van der Waals surface area (Å²) in [5.41, 5.74) is 0. The number of rotatable bonds is 10. The molecule has 0 aromatic carbocycles. The Kier molecular flexibility index (Phi) is 8.37. The van der Waals surface area contributed by atoms with Gasteiger partial charge in [-0.25, -0.2) is 0 Å². The first-order chi connectivity index (χ1) is 8.79. The average Bonchev–Trinajstić information content (AvgIpc) is 2.93. The number of unbranched alkanes of at least 4 members (excludes halogenated alkanes) is 3. The van der Waals surface area contributed by atoms with Crippen molar-refractivity contribution < 1.29 is 0 Å². The molecule has 0 spiro atoms. The van der Waals surface area contributed by atoms with Crippen molar-refractivity contribution >= 4 is 18.4 Å². The Morgan fingerprint density at radius 1 is 0.889 bits per heavy atom. The van der Waals surface area contributed by atoms with Crippen LogP contribution in [0.15, 0.2) is 21.8 Å². The zero-order valence-electron chi connectivity index (χ0n) is 12.8. The molecule has 0 aromatic rings. The molecule has 0 fully saturated rings. The van der Waals surface area contributed by atoms with Crippen LogP contribution in [-0.2, 0) is 0 Å². The van der Waals surface area contributed by atoms with Gasteiger partial charge in [0.15, 0.2) is 0 Å². The Morgan fingerprint density at radius 2 is 1.39 bits per heavy atom. The van der Waals surface area contributed by atoms with Crippen LogP contribution >= 0.6 is 0 Å². The molecule has 0 aromatic heterocycles.